The summed E-state index contributed by atoms with van der Waals surface area (Å²) in [6.45, 7) is 0. The molecule has 5 nitrogen and oxygen atoms in total. The van der Waals surface area contributed by atoms with Gasteiger partial charge in [-0.05, 0) is 36.4 Å². The lowest BCUT2D eigenvalue weighted by atomic mass is 10.2. The summed E-state index contributed by atoms with van der Waals surface area (Å²) in [5.41, 5.74) is 2.81. The van der Waals surface area contributed by atoms with Crippen LogP contribution in [0.2, 0.25) is 0 Å². The highest BCUT2D eigenvalue weighted by Gasteiger charge is 2.08. The first-order chi connectivity index (χ1) is 9.51. The molecule has 1 N–H and O–H groups in total. The predicted molar refractivity (Wildman–Crippen MR) is 77.9 cm³/mol. The van der Waals surface area contributed by atoms with E-state index in [4.69, 9.17) is 4.42 Å². The maximum Gasteiger partial charge on any atom is 0.229 e. The maximum absolute atomic E-state index is 11.1. The van der Waals surface area contributed by atoms with E-state index in [1.54, 1.807) is 24.3 Å². The molecule has 1 aromatic heterocycles. The summed E-state index contributed by atoms with van der Waals surface area (Å²) in [5.74, 6) is 0.511. The van der Waals surface area contributed by atoms with Crippen LogP contribution in [0.3, 0.4) is 0 Å². The number of nitrogens with one attached hydrogen (secondary N) is 1. The first-order valence-electron chi connectivity index (χ1n) is 5.95. The standard InChI is InChI=1S/C14H12N2O3S/c1-20(17,18)16-11-8-6-10(7-9-11)14-15-12-4-2-3-5-13(12)19-14/h2-9,16H,1H3. The summed E-state index contributed by atoms with van der Waals surface area (Å²) >= 11 is 0. The van der Waals surface area contributed by atoms with Crippen molar-refractivity contribution in [2.24, 2.45) is 0 Å². The zero-order valence-corrected chi connectivity index (χ0v) is 11.5. The van der Waals surface area contributed by atoms with Crippen LogP contribution in [0, 0.1) is 0 Å². The predicted octanol–water partition coefficient (Wildman–Crippen LogP) is 2.87. The number of para-hydroxylation sites is 2. The van der Waals surface area contributed by atoms with Gasteiger partial charge in [-0.3, -0.25) is 4.72 Å². The summed E-state index contributed by atoms with van der Waals surface area (Å²) < 4.78 is 30.3. The second-order valence-electron chi connectivity index (χ2n) is 4.44. The molecular formula is C14H12N2O3S. The molecule has 102 valence electrons. The molecule has 0 radical (unpaired) electrons. The van der Waals surface area contributed by atoms with E-state index in [1.807, 2.05) is 24.3 Å². The normalized spacial score (nSPS) is 11.7. The van der Waals surface area contributed by atoms with Crippen molar-refractivity contribution in [2.45, 2.75) is 0 Å². The van der Waals surface area contributed by atoms with E-state index in [1.165, 1.54) is 0 Å². The molecule has 2 aromatic carbocycles. The minimum atomic E-state index is -3.26. The van der Waals surface area contributed by atoms with Gasteiger partial charge in [-0.2, -0.15) is 0 Å². The number of aromatic nitrogens is 1. The van der Waals surface area contributed by atoms with Crippen LogP contribution in [-0.4, -0.2) is 19.7 Å². The average molecular weight is 288 g/mol. The molecule has 0 bridgehead atoms. The highest BCUT2D eigenvalue weighted by molar-refractivity contribution is 7.92. The zero-order chi connectivity index (χ0) is 14.2. The van der Waals surface area contributed by atoms with Crippen molar-refractivity contribution < 1.29 is 12.8 Å². The Bertz CT molecular complexity index is 819. The molecule has 0 aliphatic heterocycles. The Morgan fingerprint density at radius 3 is 2.40 bits per heavy atom. The van der Waals surface area contributed by atoms with Gasteiger partial charge in [0.1, 0.15) is 5.52 Å². The zero-order valence-electron chi connectivity index (χ0n) is 10.7. The molecule has 0 atom stereocenters. The largest absolute Gasteiger partial charge is 0.436 e. The number of hydrogen-bond donors (Lipinski definition) is 1. The Kier molecular flexibility index (Phi) is 2.94. The fourth-order valence-electron chi connectivity index (χ4n) is 1.89. The van der Waals surface area contributed by atoms with Gasteiger partial charge < -0.3 is 4.42 Å². The third kappa shape index (κ3) is 2.65. The molecule has 1 heterocycles. The molecule has 20 heavy (non-hydrogen) atoms. The Balaban J connectivity index is 1.94. The molecule has 0 saturated heterocycles. The van der Waals surface area contributed by atoms with Crippen molar-refractivity contribution in [3.63, 3.8) is 0 Å². The van der Waals surface area contributed by atoms with Crippen molar-refractivity contribution in [2.75, 3.05) is 11.0 Å². The molecule has 3 rings (SSSR count). The van der Waals surface area contributed by atoms with E-state index in [-0.39, 0.29) is 0 Å². The number of oxazole rings is 1. The molecule has 0 fully saturated rings. The second kappa shape index (κ2) is 4.64. The Hall–Kier alpha value is -2.34. The lowest BCUT2D eigenvalue weighted by Crippen LogP contribution is -2.09. The first kappa shape index (κ1) is 12.7. The highest BCUT2D eigenvalue weighted by atomic mass is 32.2. The number of nitrogens with zero attached hydrogens (tertiary/aromatic N) is 1. The SMILES string of the molecule is CS(=O)(=O)Nc1ccc(-c2nc3ccccc3o2)cc1. The monoisotopic (exact) mass is 288 g/mol. The molecule has 6 heteroatoms. The summed E-state index contributed by atoms with van der Waals surface area (Å²) in [5, 5.41) is 0. The van der Waals surface area contributed by atoms with Crippen LogP contribution in [0.5, 0.6) is 0 Å². The van der Waals surface area contributed by atoms with Gasteiger partial charge in [0.2, 0.25) is 15.9 Å². The quantitative estimate of drug-likeness (QED) is 0.804. The van der Waals surface area contributed by atoms with Gasteiger partial charge in [0.15, 0.2) is 5.58 Å². The lowest BCUT2D eigenvalue weighted by molar-refractivity contribution is 0.607. The number of hydrogen-bond acceptors (Lipinski definition) is 4. The van der Waals surface area contributed by atoms with Crippen LogP contribution < -0.4 is 4.72 Å². The van der Waals surface area contributed by atoms with Gasteiger partial charge in [-0.1, -0.05) is 12.1 Å². The fraction of sp³-hybridized carbons (Fsp3) is 0.0714. The summed E-state index contributed by atoms with van der Waals surface area (Å²) in [7, 11) is -3.26. The van der Waals surface area contributed by atoms with Crippen LogP contribution in [0.25, 0.3) is 22.6 Å². The molecule has 0 amide bonds. The fourth-order valence-corrected chi connectivity index (χ4v) is 2.45. The highest BCUT2D eigenvalue weighted by Crippen LogP contribution is 2.25. The van der Waals surface area contributed by atoms with Gasteiger partial charge in [-0.25, -0.2) is 13.4 Å². The molecule has 0 saturated carbocycles. The maximum atomic E-state index is 11.1. The third-order valence-corrected chi connectivity index (χ3v) is 3.34. The molecule has 0 unspecified atom stereocenters. The van der Waals surface area contributed by atoms with Crippen LogP contribution in [0.4, 0.5) is 5.69 Å². The molecule has 3 aromatic rings. The van der Waals surface area contributed by atoms with Gasteiger partial charge in [0, 0.05) is 11.3 Å². The van der Waals surface area contributed by atoms with Crippen molar-refractivity contribution in [3.05, 3.63) is 48.5 Å². The van der Waals surface area contributed by atoms with Crippen molar-refractivity contribution in [1.29, 1.82) is 0 Å². The Morgan fingerprint density at radius 1 is 1.05 bits per heavy atom. The number of anilines is 1. The molecule has 0 aliphatic carbocycles. The van der Waals surface area contributed by atoms with E-state index in [0.717, 1.165) is 22.9 Å². The van der Waals surface area contributed by atoms with Crippen LogP contribution in [0.15, 0.2) is 52.9 Å². The van der Waals surface area contributed by atoms with E-state index in [9.17, 15) is 8.42 Å². The minimum absolute atomic E-state index is 0.507. The number of rotatable bonds is 3. The van der Waals surface area contributed by atoms with E-state index < -0.39 is 10.0 Å². The van der Waals surface area contributed by atoms with Gasteiger partial charge >= 0.3 is 0 Å². The molecular weight excluding hydrogens is 276 g/mol. The second-order valence-corrected chi connectivity index (χ2v) is 6.19. The summed E-state index contributed by atoms with van der Waals surface area (Å²) in [6, 6.07) is 14.4. The van der Waals surface area contributed by atoms with Gasteiger partial charge in [-0.15, -0.1) is 0 Å². The van der Waals surface area contributed by atoms with E-state index in [2.05, 4.69) is 9.71 Å². The Labute approximate surface area is 116 Å². The number of benzene rings is 2. The number of sulfonamides is 1. The van der Waals surface area contributed by atoms with Crippen LogP contribution in [-0.2, 0) is 10.0 Å². The van der Waals surface area contributed by atoms with Gasteiger partial charge in [0.25, 0.3) is 0 Å². The van der Waals surface area contributed by atoms with Crippen molar-refractivity contribution in [3.8, 4) is 11.5 Å². The smallest absolute Gasteiger partial charge is 0.229 e. The molecule has 0 aliphatic rings. The van der Waals surface area contributed by atoms with Crippen LogP contribution in [0.1, 0.15) is 0 Å². The van der Waals surface area contributed by atoms with E-state index in [0.29, 0.717) is 11.6 Å². The topological polar surface area (TPSA) is 72.2 Å². The van der Waals surface area contributed by atoms with Crippen molar-refractivity contribution >= 4 is 26.8 Å². The Morgan fingerprint density at radius 2 is 1.75 bits per heavy atom. The lowest BCUT2D eigenvalue weighted by Gasteiger charge is -2.03. The average Bonchev–Trinajstić information content (AvgIpc) is 2.81. The summed E-state index contributed by atoms with van der Waals surface area (Å²) in [6.07, 6.45) is 1.11. The third-order valence-electron chi connectivity index (χ3n) is 2.73. The summed E-state index contributed by atoms with van der Waals surface area (Å²) in [4.78, 5) is 4.38. The van der Waals surface area contributed by atoms with E-state index >= 15 is 0 Å². The van der Waals surface area contributed by atoms with Crippen molar-refractivity contribution in [1.82, 2.24) is 4.98 Å². The molecule has 0 spiro atoms. The van der Waals surface area contributed by atoms with Crippen LogP contribution >= 0.6 is 0 Å². The number of fused-ring (bicyclic) bond motifs is 1. The minimum Gasteiger partial charge on any atom is -0.436 e. The first-order valence-corrected chi connectivity index (χ1v) is 7.84. The van der Waals surface area contributed by atoms with Gasteiger partial charge in [0.05, 0.1) is 6.26 Å².